The van der Waals surface area contributed by atoms with Crippen LogP contribution in [0.15, 0.2) is 36.4 Å². The molecule has 104 valence electrons. The van der Waals surface area contributed by atoms with Gasteiger partial charge in [0, 0.05) is 17.5 Å². The third-order valence-electron chi connectivity index (χ3n) is 3.29. The van der Waals surface area contributed by atoms with Gasteiger partial charge in [-0.2, -0.15) is 0 Å². The number of rotatable bonds is 4. The quantitative estimate of drug-likeness (QED) is 0.790. The van der Waals surface area contributed by atoms with E-state index < -0.39 is 5.82 Å². The minimum atomic E-state index is -0.393. The minimum Gasteiger partial charge on any atom is -0.496 e. The molecule has 0 unspecified atom stereocenters. The van der Waals surface area contributed by atoms with Crippen LogP contribution in [0.3, 0.4) is 0 Å². The van der Waals surface area contributed by atoms with E-state index in [1.54, 1.807) is 20.1 Å². The SMILES string of the molecule is COc1ccc(C)cc1CC(=O)c1cc(F)ccc1C. The van der Waals surface area contributed by atoms with Crippen molar-refractivity contribution in [3.05, 3.63) is 64.5 Å². The summed E-state index contributed by atoms with van der Waals surface area (Å²) in [6.45, 7) is 3.76. The van der Waals surface area contributed by atoms with E-state index >= 15 is 0 Å². The van der Waals surface area contributed by atoms with Crippen LogP contribution in [0.5, 0.6) is 5.75 Å². The van der Waals surface area contributed by atoms with Gasteiger partial charge in [0.2, 0.25) is 0 Å². The van der Waals surface area contributed by atoms with Crippen molar-refractivity contribution in [3.63, 3.8) is 0 Å². The van der Waals surface area contributed by atoms with E-state index in [0.29, 0.717) is 11.3 Å². The molecule has 0 aromatic heterocycles. The average Bonchev–Trinajstić information content (AvgIpc) is 2.41. The standard InChI is InChI=1S/C17H17FO2/c1-11-4-7-17(20-3)13(8-11)9-16(19)15-10-14(18)6-5-12(15)2/h4-8,10H,9H2,1-3H3. The number of hydrogen-bond acceptors (Lipinski definition) is 2. The lowest BCUT2D eigenvalue weighted by atomic mass is 9.98. The molecule has 0 saturated heterocycles. The van der Waals surface area contributed by atoms with E-state index in [0.717, 1.165) is 16.7 Å². The van der Waals surface area contributed by atoms with Crippen molar-refractivity contribution in [3.8, 4) is 5.75 Å². The van der Waals surface area contributed by atoms with E-state index in [1.165, 1.54) is 12.1 Å². The van der Waals surface area contributed by atoms with Crippen LogP contribution in [0.25, 0.3) is 0 Å². The van der Waals surface area contributed by atoms with Crippen LogP contribution in [0, 0.1) is 19.7 Å². The number of aryl methyl sites for hydroxylation is 2. The molecule has 0 aliphatic rings. The second-order valence-electron chi connectivity index (χ2n) is 4.87. The molecule has 0 bridgehead atoms. The number of carbonyl (C=O) groups is 1. The molecule has 0 amide bonds. The molecule has 0 spiro atoms. The fraction of sp³-hybridized carbons (Fsp3) is 0.235. The van der Waals surface area contributed by atoms with Crippen LogP contribution >= 0.6 is 0 Å². The summed E-state index contributed by atoms with van der Waals surface area (Å²) in [5.74, 6) is 0.180. The van der Waals surface area contributed by atoms with E-state index in [1.807, 2.05) is 25.1 Å². The van der Waals surface area contributed by atoms with Crippen molar-refractivity contribution in [2.45, 2.75) is 20.3 Å². The monoisotopic (exact) mass is 272 g/mol. The summed E-state index contributed by atoms with van der Waals surface area (Å²) in [6, 6.07) is 9.97. The zero-order valence-electron chi connectivity index (χ0n) is 11.9. The van der Waals surface area contributed by atoms with Gasteiger partial charge in [-0.05, 0) is 37.6 Å². The first-order valence-electron chi connectivity index (χ1n) is 6.44. The summed E-state index contributed by atoms with van der Waals surface area (Å²) in [4.78, 5) is 12.3. The predicted molar refractivity (Wildman–Crippen MR) is 76.9 cm³/mol. The molecule has 20 heavy (non-hydrogen) atoms. The first-order valence-corrected chi connectivity index (χ1v) is 6.44. The summed E-state index contributed by atoms with van der Waals surface area (Å²) >= 11 is 0. The number of Topliss-reactive ketones (excluding diaryl/α,β-unsaturated/α-hetero) is 1. The van der Waals surface area contributed by atoms with Crippen LogP contribution in [0.4, 0.5) is 4.39 Å². The Balaban J connectivity index is 2.32. The lowest BCUT2D eigenvalue weighted by Gasteiger charge is -2.10. The highest BCUT2D eigenvalue weighted by Crippen LogP contribution is 2.22. The molecule has 0 aliphatic carbocycles. The third-order valence-corrected chi connectivity index (χ3v) is 3.29. The highest BCUT2D eigenvalue weighted by Gasteiger charge is 2.14. The Morgan fingerprint density at radius 1 is 1.15 bits per heavy atom. The maximum absolute atomic E-state index is 13.3. The molecule has 2 aromatic carbocycles. The van der Waals surface area contributed by atoms with Crippen molar-refractivity contribution in [2.24, 2.45) is 0 Å². The predicted octanol–water partition coefficient (Wildman–Crippen LogP) is 3.88. The molecule has 0 fully saturated rings. The number of ketones is 1. The van der Waals surface area contributed by atoms with Gasteiger partial charge in [0.25, 0.3) is 0 Å². The van der Waals surface area contributed by atoms with Crippen molar-refractivity contribution in [1.29, 1.82) is 0 Å². The first kappa shape index (κ1) is 14.3. The van der Waals surface area contributed by atoms with Gasteiger partial charge >= 0.3 is 0 Å². The number of methoxy groups -OCH3 is 1. The zero-order chi connectivity index (χ0) is 14.7. The normalized spacial score (nSPS) is 10.4. The lowest BCUT2D eigenvalue weighted by molar-refractivity contribution is 0.0991. The van der Waals surface area contributed by atoms with Gasteiger partial charge in [-0.25, -0.2) is 4.39 Å². The molecule has 3 heteroatoms. The van der Waals surface area contributed by atoms with E-state index in [2.05, 4.69) is 0 Å². The molecule has 0 heterocycles. The van der Waals surface area contributed by atoms with Gasteiger partial charge in [-0.3, -0.25) is 4.79 Å². The van der Waals surface area contributed by atoms with Crippen LogP contribution in [0.1, 0.15) is 27.0 Å². The number of ether oxygens (including phenoxy) is 1. The molecule has 0 radical (unpaired) electrons. The Labute approximate surface area is 118 Å². The Bertz CT molecular complexity index is 647. The summed E-state index contributed by atoms with van der Waals surface area (Å²) in [6.07, 6.45) is 0.204. The Morgan fingerprint density at radius 2 is 1.90 bits per heavy atom. The second-order valence-corrected chi connectivity index (χ2v) is 4.87. The van der Waals surface area contributed by atoms with Gasteiger partial charge in [-0.15, -0.1) is 0 Å². The lowest BCUT2D eigenvalue weighted by Crippen LogP contribution is -2.07. The summed E-state index contributed by atoms with van der Waals surface area (Å²) in [5, 5.41) is 0. The molecule has 0 atom stereocenters. The average molecular weight is 272 g/mol. The number of halogens is 1. The number of carbonyl (C=O) groups excluding carboxylic acids is 1. The van der Waals surface area contributed by atoms with Crippen molar-refractivity contribution in [2.75, 3.05) is 7.11 Å². The summed E-state index contributed by atoms with van der Waals surface area (Å²) < 4.78 is 18.5. The van der Waals surface area contributed by atoms with Gasteiger partial charge in [0.1, 0.15) is 11.6 Å². The van der Waals surface area contributed by atoms with Gasteiger partial charge < -0.3 is 4.74 Å². The van der Waals surface area contributed by atoms with Crippen LogP contribution in [-0.2, 0) is 6.42 Å². The topological polar surface area (TPSA) is 26.3 Å². The van der Waals surface area contributed by atoms with Gasteiger partial charge in [0.05, 0.1) is 7.11 Å². The van der Waals surface area contributed by atoms with Crippen LogP contribution in [0.2, 0.25) is 0 Å². The molecule has 0 N–H and O–H groups in total. The largest absolute Gasteiger partial charge is 0.496 e. The van der Waals surface area contributed by atoms with Gasteiger partial charge in [0.15, 0.2) is 5.78 Å². The Hall–Kier alpha value is -2.16. The van der Waals surface area contributed by atoms with Crippen molar-refractivity contribution in [1.82, 2.24) is 0 Å². The van der Waals surface area contributed by atoms with Crippen molar-refractivity contribution < 1.29 is 13.9 Å². The summed E-state index contributed by atoms with van der Waals surface area (Å²) in [7, 11) is 1.58. The third kappa shape index (κ3) is 3.05. The Kier molecular flexibility index (Phi) is 4.18. The minimum absolute atomic E-state index is 0.106. The highest BCUT2D eigenvalue weighted by atomic mass is 19.1. The second kappa shape index (κ2) is 5.87. The number of hydrogen-bond donors (Lipinski definition) is 0. The maximum Gasteiger partial charge on any atom is 0.167 e. The zero-order valence-corrected chi connectivity index (χ0v) is 11.9. The van der Waals surface area contributed by atoms with Crippen molar-refractivity contribution >= 4 is 5.78 Å². The fourth-order valence-corrected chi connectivity index (χ4v) is 2.21. The van der Waals surface area contributed by atoms with E-state index in [-0.39, 0.29) is 12.2 Å². The molecule has 2 rings (SSSR count). The van der Waals surface area contributed by atoms with E-state index in [4.69, 9.17) is 4.74 Å². The molecular formula is C17H17FO2. The smallest absolute Gasteiger partial charge is 0.167 e. The van der Waals surface area contributed by atoms with Crippen LogP contribution in [-0.4, -0.2) is 12.9 Å². The maximum atomic E-state index is 13.3. The molecule has 2 aromatic rings. The summed E-state index contributed by atoms with van der Waals surface area (Å²) in [5.41, 5.74) is 3.09. The van der Waals surface area contributed by atoms with E-state index in [9.17, 15) is 9.18 Å². The fourth-order valence-electron chi connectivity index (χ4n) is 2.21. The Morgan fingerprint density at radius 3 is 2.60 bits per heavy atom. The molecule has 0 saturated carbocycles. The van der Waals surface area contributed by atoms with Gasteiger partial charge in [-0.1, -0.05) is 23.8 Å². The first-order chi connectivity index (χ1) is 9.51. The molecular weight excluding hydrogens is 255 g/mol. The highest BCUT2D eigenvalue weighted by molar-refractivity contribution is 5.99. The number of benzene rings is 2. The molecule has 2 nitrogen and oxygen atoms in total. The van der Waals surface area contributed by atoms with Crippen LogP contribution < -0.4 is 4.74 Å². The molecule has 0 aliphatic heterocycles.